The molecule has 6 heteroatoms. The van der Waals surface area contributed by atoms with Crippen molar-refractivity contribution in [3.63, 3.8) is 0 Å². The first-order valence-electron chi connectivity index (χ1n) is 9.56. The minimum Gasteiger partial charge on any atom is -0.383 e. The first-order chi connectivity index (χ1) is 13.7. The van der Waals surface area contributed by atoms with Crippen LogP contribution in [0.2, 0.25) is 0 Å². The number of anilines is 2. The molecule has 0 atom stereocenters. The molecule has 2 aromatic heterocycles. The van der Waals surface area contributed by atoms with Gasteiger partial charge in [0.15, 0.2) is 5.65 Å². The lowest BCUT2D eigenvalue weighted by atomic mass is 9.99. The van der Waals surface area contributed by atoms with Crippen molar-refractivity contribution in [1.82, 2.24) is 19.9 Å². The van der Waals surface area contributed by atoms with E-state index in [1.165, 1.54) is 22.5 Å². The summed E-state index contributed by atoms with van der Waals surface area (Å²) < 4.78 is 0. The van der Waals surface area contributed by atoms with Crippen LogP contribution in [0, 0.1) is 0 Å². The molecule has 0 fully saturated rings. The molecule has 6 nitrogen and oxygen atoms in total. The van der Waals surface area contributed by atoms with E-state index in [1.807, 2.05) is 12.3 Å². The monoisotopic (exact) mass is 370 g/mol. The number of pyridine rings is 1. The normalized spacial score (nSPS) is 18.5. The number of allylic oxidation sites excluding steroid dienone is 8. The van der Waals surface area contributed by atoms with Crippen molar-refractivity contribution >= 4 is 22.8 Å². The summed E-state index contributed by atoms with van der Waals surface area (Å²) >= 11 is 0. The summed E-state index contributed by atoms with van der Waals surface area (Å²) in [5.41, 5.74) is 18.9. The van der Waals surface area contributed by atoms with Crippen LogP contribution in [0.1, 0.15) is 31.2 Å². The molecule has 0 saturated heterocycles. The van der Waals surface area contributed by atoms with Crippen molar-refractivity contribution in [3.05, 3.63) is 76.8 Å². The van der Waals surface area contributed by atoms with Crippen LogP contribution in [0.3, 0.4) is 0 Å². The van der Waals surface area contributed by atoms with E-state index in [2.05, 4.69) is 56.3 Å². The molecule has 5 rings (SSSR count). The van der Waals surface area contributed by atoms with Crippen LogP contribution < -0.4 is 11.5 Å². The van der Waals surface area contributed by atoms with E-state index < -0.39 is 0 Å². The molecule has 4 N–H and O–H groups in total. The Balaban J connectivity index is 1.58. The molecule has 0 amide bonds. The number of nitrogens with two attached hydrogens (primary N) is 2. The summed E-state index contributed by atoms with van der Waals surface area (Å²) in [5.74, 6) is 0.518. The first-order valence-corrected chi connectivity index (χ1v) is 9.56. The maximum absolute atomic E-state index is 6.06. The van der Waals surface area contributed by atoms with E-state index in [0.717, 1.165) is 43.2 Å². The first kappa shape index (κ1) is 16.7. The van der Waals surface area contributed by atoms with Gasteiger partial charge in [0.05, 0.1) is 5.39 Å². The van der Waals surface area contributed by atoms with Crippen LogP contribution in [0.5, 0.6) is 0 Å². The molecule has 0 bridgehead atoms. The van der Waals surface area contributed by atoms with Gasteiger partial charge in [-0.15, -0.1) is 0 Å². The summed E-state index contributed by atoms with van der Waals surface area (Å²) in [6.07, 6.45) is 19.4. The number of aromatic nitrogens is 3. The van der Waals surface area contributed by atoms with Crippen molar-refractivity contribution in [2.24, 2.45) is 0 Å². The fourth-order valence-corrected chi connectivity index (χ4v) is 4.14. The Bertz CT molecular complexity index is 1120. The number of hydrogen-bond acceptors (Lipinski definition) is 6. The van der Waals surface area contributed by atoms with Crippen LogP contribution >= 0.6 is 0 Å². The molecule has 140 valence electrons. The molecular formula is C22H22N6. The third-order valence-corrected chi connectivity index (χ3v) is 5.51. The molecule has 1 aliphatic heterocycles. The van der Waals surface area contributed by atoms with E-state index in [-0.39, 0.29) is 5.95 Å². The van der Waals surface area contributed by atoms with Crippen LogP contribution in [0.15, 0.2) is 71.3 Å². The number of rotatable bonds is 2. The Kier molecular flexibility index (Phi) is 3.97. The predicted octanol–water partition coefficient (Wildman–Crippen LogP) is 3.77. The Hall–Kier alpha value is -3.41. The summed E-state index contributed by atoms with van der Waals surface area (Å²) in [5, 5.41) is 0.743. The van der Waals surface area contributed by atoms with Gasteiger partial charge in [-0.05, 0) is 48.1 Å². The Morgan fingerprint density at radius 2 is 1.89 bits per heavy atom. The van der Waals surface area contributed by atoms with Crippen molar-refractivity contribution in [2.75, 3.05) is 11.5 Å². The zero-order valence-corrected chi connectivity index (χ0v) is 15.6. The third-order valence-electron chi connectivity index (χ3n) is 5.51. The van der Waals surface area contributed by atoms with E-state index in [0.29, 0.717) is 11.5 Å². The van der Waals surface area contributed by atoms with E-state index >= 15 is 0 Å². The summed E-state index contributed by atoms with van der Waals surface area (Å²) in [4.78, 5) is 15.2. The second-order valence-corrected chi connectivity index (χ2v) is 7.32. The van der Waals surface area contributed by atoms with E-state index in [9.17, 15) is 0 Å². The van der Waals surface area contributed by atoms with Crippen molar-refractivity contribution < 1.29 is 0 Å². The zero-order valence-electron chi connectivity index (χ0n) is 15.6. The van der Waals surface area contributed by atoms with Crippen molar-refractivity contribution in [1.29, 1.82) is 0 Å². The highest BCUT2D eigenvalue weighted by Crippen LogP contribution is 2.38. The minimum atomic E-state index is 0.149. The molecule has 0 unspecified atom stereocenters. The highest BCUT2D eigenvalue weighted by Gasteiger charge is 2.25. The molecule has 28 heavy (non-hydrogen) atoms. The standard InChI is InChI=1S/C22H22N6/c23-20-17-11-14(12-25-21(17)27-22(24)26-20)13-28-18-7-3-1-5-15(18)9-10-16-6-2-4-8-19(16)28/h1-4,7,9,11-12H,5-6,8,10,13H2,(H4,23,24,25,26,27). The van der Waals surface area contributed by atoms with Crippen LogP contribution in [-0.2, 0) is 6.54 Å². The molecular weight excluding hydrogens is 348 g/mol. The quantitative estimate of drug-likeness (QED) is 0.782. The lowest BCUT2D eigenvalue weighted by molar-refractivity contribution is 0.411. The van der Waals surface area contributed by atoms with Gasteiger partial charge in [0, 0.05) is 30.6 Å². The van der Waals surface area contributed by atoms with Gasteiger partial charge < -0.3 is 16.4 Å². The van der Waals surface area contributed by atoms with Gasteiger partial charge in [-0.3, -0.25) is 0 Å². The average Bonchev–Trinajstić information content (AvgIpc) is 2.86. The fourth-order valence-electron chi connectivity index (χ4n) is 4.14. The number of hydrogen-bond donors (Lipinski definition) is 2. The smallest absolute Gasteiger partial charge is 0.224 e. The lowest BCUT2D eigenvalue weighted by Gasteiger charge is -2.33. The molecule has 0 aromatic carbocycles. The van der Waals surface area contributed by atoms with Crippen LogP contribution in [0.4, 0.5) is 11.8 Å². The molecule has 0 radical (unpaired) electrons. The second-order valence-electron chi connectivity index (χ2n) is 7.32. The highest BCUT2D eigenvalue weighted by molar-refractivity contribution is 5.86. The molecule has 0 saturated carbocycles. The third kappa shape index (κ3) is 2.87. The van der Waals surface area contributed by atoms with Crippen LogP contribution in [-0.4, -0.2) is 19.9 Å². The summed E-state index contributed by atoms with van der Waals surface area (Å²) in [7, 11) is 0. The molecule has 2 aromatic rings. The maximum Gasteiger partial charge on any atom is 0.224 e. The molecule has 3 heterocycles. The van der Waals surface area contributed by atoms with Gasteiger partial charge in [-0.25, -0.2) is 4.98 Å². The topological polar surface area (TPSA) is 93.9 Å². The van der Waals surface area contributed by atoms with Gasteiger partial charge >= 0.3 is 0 Å². The largest absolute Gasteiger partial charge is 0.383 e. The Morgan fingerprint density at radius 1 is 1.00 bits per heavy atom. The van der Waals surface area contributed by atoms with Gasteiger partial charge in [-0.1, -0.05) is 30.4 Å². The van der Waals surface area contributed by atoms with Crippen molar-refractivity contribution in [2.45, 2.75) is 32.2 Å². The number of nitrogen functional groups attached to an aromatic ring is 2. The molecule has 2 aliphatic carbocycles. The van der Waals surface area contributed by atoms with Gasteiger partial charge in [-0.2, -0.15) is 9.97 Å². The number of fused-ring (bicyclic) bond motifs is 2. The predicted molar refractivity (Wildman–Crippen MR) is 112 cm³/mol. The van der Waals surface area contributed by atoms with Gasteiger partial charge in [0.1, 0.15) is 5.82 Å². The fraction of sp³-hybridized carbons (Fsp3) is 0.227. The SMILES string of the molecule is Nc1nc(N)c2cc(CN3C4=CC=CCC4=CCC4=C3CC=CC4)cnc2n1. The number of nitrogens with zero attached hydrogens (tertiary/aromatic N) is 4. The highest BCUT2D eigenvalue weighted by atomic mass is 15.2. The summed E-state index contributed by atoms with van der Waals surface area (Å²) in [6.45, 7) is 0.733. The van der Waals surface area contributed by atoms with E-state index in [4.69, 9.17) is 11.5 Å². The van der Waals surface area contributed by atoms with Crippen LogP contribution in [0.25, 0.3) is 11.0 Å². The van der Waals surface area contributed by atoms with Crippen molar-refractivity contribution in [3.8, 4) is 0 Å². The maximum atomic E-state index is 6.06. The minimum absolute atomic E-state index is 0.149. The molecule has 0 spiro atoms. The lowest BCUT2D eigenvalue weighted by Crippen LogP contribution is -2.25. The Labute approximate surface area is 163 Å². The zero-order chi connectivity index (χ0) is 19.1. The average molecular weight is 370 g/mol. The van der Waals surface area contributed by atoms with Gasteiger partial charge in [0.25, 0.3) is 0 Å². The summed E-state index contributed by atoms with van der Waals surface area (Å²) in [6, 6.07) is 2.03. The second kappa shape index (κ2) is 6.64. The van der Waals surface area contributed by atoms with E-state index in [1.54, 1.807) is 0 Å². The van der Waals surface area contributed by atoms with Gasteiger partial charge in [0.2, 0.25) is 5.95 Å². The molecule has 3 aliphatic rings. The Morgan fingerprint density at radius 3 is 2.82 bits per heavy atom.